The monoisotopic (exact) mass is 654 g/mol. The van der Waals surface area contributed by atoms with Crippen LogP contribution in [-0.4, -0.2) is 35.3 Å². The normalized spacial score (nSPS) is 11.7. The van der Waals surface area contributed by atoms with Gasteiger partial charge in [-0.05, 0) is 115 Å². The summed E-state index contributed by atoms with van der Waals surface area (Å²) in [4.78, 5) is 38.1. The van der Waals surface area contributed by atoms with Crippen LogP contribution >= 0.6 is 0 Å². The Balaban J connectivity index is 1.89. The quantitative estimate of drug-likeness (QED) is 0.114. The number of rotatable bonds is 6. The molecule has 0 saturated heterocycles. The summed E-state index contributed by atoms with van der Waals surface area (Å²) in [5, 5.41) is 0. The highest BCUT2D eigenvalue weighted by Gasteiger charge is 2.24. The zero-order chi connectivity index (χ0) is 35.3. The van der Waals surface area contributed by atoms with Gasteiger partial charge in [0.2, 0.25) is 0 Å². The average Bonchev–Trinajstić information content (AvgIpc) is 2.95. The Hall–Kier alpha value is -5.31. The van der Waals surface area contributed by atoms with Gasteiger partial charge in [-0.25, -0.2) is 14.4 Å². The SMILES string of the molecule is CC(C)(C)OC(=O)Oc1ccccc1-c1cc(-c2ccccc2OC(=O)OC(C)(C)C)cc(-c2ccccc2OC(=O)OC(C)(C)C)c1. The molecule has 0 spiro atoms. The zero-order valence-electron chi connectivity index (χ0n) is 28.8. The number of hydrogen-bond donors (Lipinski definition) is 0. The van der Waals surface area contributed by atoms with Gasteiger partial charge in [-0.15, -0.1) is 0 Å². The first-order valence-electron chi connectivity index (χ1n) is 15.5. The van der Waals surface area contributed by atoms with E-state index in [9.17, 15) is 14.4 Å². The van der Waals surface area contributed by atoms with Crippen molar-refractivity contribution >= 4 is 18.5 Å². The molecular weight excluding hydrogens is 612 g/mol. The third kappa shape index (κ3) is 10.4. The van der Waals surface area contributed by atoms with Crippen LogP contribution in [0.1, 0.15) is 62.3 Å². The highest BCUT2D eigenvalue weighted by atomic mass is 16.7. The molecule has 0 aliphatic rings. The fourth-order valence-corrected chi connectivity index (χ4v) is 4.56. The molecule has 4 aromatic carbocycles. The molecule has 0 unspecified atom stereocenters. The molecule has 4 aromatic rings. The molecule has 9 nitrogen and oxygen atoms in total. The number of carbonyl (C=O) groups excluding carboxylic acids is 3. The molecule has 0 bridgehead atoms. The van der Waals surface area contributed by atoms with E-state index in [4.69, 9.17) is 28.4 Å². The summed E-state index contributed by atoms with van der Waals surface area (Å²) >= 11 is 0. The van der Waals surface area contributed by atoms with Gasteiger partial charge in [-0.2, -0.15) is 0 Å². The van der Waals surface area contributed by atoms with Crippen molar-refractivity contribution in [1.29, 1.82) is 0 Å². The highest BCUT2D eigenvalue weighted by molar-refractivity contribution is 5.87. The standard InChI is InChI=1S/C39H42O9/c1-37(2,3)46-34(40)43-31-19-13-10-16-28(31)25-22-26(29-17-11-14-20-32(29)44-35(41)47-38(4,5)6)24-27(23-25)30-18-12-15-21-33(30)45-36(42)48-39(7,8)9/h10-24H,1-9H3. The Kier molecular flexibility index (Phi) is 10.5. The number of ether oxygens (including phenoxy) is 6. The Labute approximate surface area is 281 Å². The van der Waals surface area contributed by atoms with Crippen LogP contribution in [0.3, 0.4) is 0 Å². The van der Waals surface area contributed by atoms with E-state index in [0.29, 0.717) is 33.4 Å². The minimum atomic E-state index is -0.849. The molecule has 9 heteroatoms. The molecule has 252 valence electrons. The summed E-state index contributed by atoms with van der Waals surface area (Å²) < 4.78 is 33.3. The molecule has 0 atom stereocenters. The molecular formula is C39H42O9. The van der Waals surface area contributed by atoms with Gasteiger partial charge in [0.25, 0.3) is 0 Å². The van der Waals surface area contributed by atoms with Crippen molar-refractivity contribution < 1.29 is 42.8 Å². The summed E-state index contributed by atoms with van der Waals surface area (Å²) in [6.07, 6.45) is -2.55. The van der Waals surface area contributed by atoms with Gasteiger partial charge in [0.15, 0.2) is 0 Å². The third-order valence-corrected chi connectivity index (χ3v) is 6.28. The molecule has 0 saturated carbocycles. The van der Waals surface area contributed by atoms with Crippen molar-refractivity contribution in [1.82, 2.24) is 0 Å². The van der Waals surface area contributed by atoms with Crippen LogP contribution in [0.25, 0.3) is 33.4 Å². The van der Waals surface area contributed by atoms with E-state index in [1.54, 1.807) is 98.7 Å². The van der Waals surface area contributed by atoms with Crippen molar-refractivity contribution in [2.45, 2.75) is 79.1 Å². The topological polar surface area (TPSA) is 107 Å². The fourth-order valence-electron chi connectivity index (χ4n) is 4.56. The molecule has 0 heterocycles. The Morgan fingerprint density at radius 1 is 0.396 bits per heavy atom. The number of benzene rings is 4. The van der Waals surface area contributed by atoms with Gasteiger partial charge in [0.1, 0.15) is 34.1 Å². The molecule has 0 fully saturated rings. The van der Waals surface area contributed by atoms with Gasteiger partial charge >= 0.3 is 18.5 Å². The first kappa shape index (κ1) is 35.5. The predicted molar refractivity (Wildman–Crippen MR) is 183 cm³/mol. The van der Waals surface area contributed by atoms with Crippen molar-refractivity contribution in [2.75, 3.05) is 0 Å². The van der Waals surface area contributed by atoms with Crippen LogP contribution < -0.4 is 14.2 Å². The maximum atomic E-state index is 12.7. The molecule has 0 N–H and O–H groups in total. The molecule has 0 amide bonds. The summed E-state index contributed by atoms with van der Waals surface area (Å²) in [6, 6.07) is 26.8. The van der Waals surface area contributed by atoms with E-state index in [0.717, 1.165) is 0 Å². The van der Waals surface area contributed by atoms with Crippen molar-refractivity contribution in [2.24, 2.45) is 0 Å². The van der Waals surface area contributed by atoms with Gasteiger partial charge in [0.05, 0.1) is 0 Å². The van der Waals surface area contributed by atoms with E-state index < -0.39 is 35.3 Å². The molecule has 0 radical (unpaired) electrons. The van der Waals surface area contributed by atoms with Gasteiger partial charge in [0, 0.05) is 16.7 Å². The largest absolute Gasteiger partial charge is 0.514 e. The maximum absolute atomic E-state index is 12.7. The molecule has 4 rings (SSSR count). The third-order valence-electron chi connectivity index (χ3n) is 6.28. The van der Waals surface area contributed by atoms with Crippen molar-refractivity contribution in [3.05, 3.63) is 91.0 Å². The smallest absolute Gasteiger partial charge is 0.428 e. The fraction of sp³-hybridized carbons (Fsp3) is 0.308. The second-order valence-electron chi connectivity index (χ2n) is 14.0. The van der Waals surface area contributed by atoms with Crippen LogP contribution in [0.5, 0.6) is 17.2 Å². The first-order chi connectivity index (χ1) is 22.4. The second-order valence-corrected chi connectivity index (χ2v) is 14.0. The van der Waals surface area contributed by atoms with Crippen LogP contribution in [0.15, 0.2) is 91.0 Å². The maximum Gasteiger partial charge on any atom is 0.514 e. The lowest BCUT2D eigenvalue weighted by molar-refractivity contribution is 0.0194. The minimum Gasteiger partial charge on any atom is -0.428 e. The first-order valence-corrected chi connectivity index (χ1v) is 15.5. The lowest BCUT2D eigenvalue weighted by Crippen LogP contribution is -2.26. The van der Waals surface area contributed by atoms with E-state index in [1.807, 2.05) is 54.6 Å². The van der Waals surface area contributed by atoms with E-state index >= 15 is 0 Å². The summed E-state index contributed by atoms with van der Waals surface area (Å²) in [5.74, 6) is 0.810. The average molecular weight is 655 g/mol. The van der Waals surface area contributed by atoms with Crippen LogP contribution in [0.4, 0.5) is 14.4 Å². The Morgan fingerprint density at radius 3 is 0.854 bits per heavy atom. The number of hydrogen-bond acceptors (Lipinski definition) is 9. The lowest BCUT2D eigenvalue weighted by Gasteiger charge is -2.21. The second kappa shape index (κ2) is 14.2. The van der Waals surface area contributed by atoms with Crippen LogP contribution in [0, 0.1) is 0 Å². The van der Waals surface area contributed by atoms with Crippen molar-refractivity contribution in [3.63, 3.8) is 0 Å². The molecule has 0 aromatic heterocycles. The van der Waals surface area contributed by atoms with Crippen LogP contribution in [0.2, 0.25) is 0 Å². The molecule has 0 aliphatic heterocycles. The predicted octanol–water partition coefficient (Wildman–Crippen LogP) is 10.6. The Morgan fingerprint density at radius 2 is 0.625 bits per heavy atom. The van der Waals surface area contributed by atoms with Gasteiger partial charge < -0.3 is 28.4 Å². The van der Waals surface area contributed by atoms with E-state index in [1.165, 1.54) is 0 Å². The highest BCUT2D eigenvalue weighted by Crippen LogP contribution is 2.41. The zero-order valence-corrected chi connectivity index (χ0v) is 28.8. The number of para-hydroxylation sites is 3. The summed E-state index contributed by atoms with van der Waals surface area (Å²) in [7, 11) is 0. The Bertz CT molecular complexity index is 1570. The minimum absolute atomic E-state index is 0.270. The lowest BCUT2D eigenvalue weighted by atomic mass is 9.92. The van der Waals surface area contributed by atoms with E-state index in [-0.39, 0.29) is 17.2 Å². The van der Waals surface area contributed by atoms with Gasteiger partial charge in [-0.3, -0.25) is 0 Å². The molecule has 0 aliphatic carbocycles. The molecule has 48 heavy (non-hydrogen) atoms. The van der Waals surface area contributed by atoms with Crippen LogP contribution in [-0.2, 0) is 14.2 Å². The van der Waals surface area contributed by atoms with Crippen molar-refractivity contribution in [3.8, 4) is 50.6 Å². The summed E-state index contributed by atoms with van der Waals surface area (Å²) in [5.41, 5.74) is 1.45. The number of carbonyl (C=O) groups is 3. The van der Waals surface area contributed by atoms with Gasteiger partial charge in [-0.1, -0.05) is 54.6 Å². The van der Waals surface area contributed by atoms with E-state index in [2.05, 4.69) is 0 Å². The summed E-state index contributed by atoms with van der Waals surface area (Å²) in [6.45, 7) is 15.8.